The summed E-state index contributed by atoms with van der Waals surface area (Å²) in [6, 6.07) is 10.4. The Kier molecular flexibility index (Phi) is 3.72. The lowest BCUT2D eigenvalue weighted by Crippen LogP contribution is -2.13. The Labute approximate surface area is 103 Å². The van der Waals surface area contributed by atoms with Crippen molar-refractivity contribution in [1.82, 2.24) is 4.68 Å². The molecule has 2 rings (SSSR count). The molecule has 0 amide bonds. The van der Waals surface area contributed by atoms with Crippen LogP contribution in [0.3, 0.4) is 0 Å². The summed E-state index contributed by atoms with van der Waals surface area (Å²) in [5.74, 6) is 6.96. The first-order valence-electron chi connectivity index (χ1n) is 6.03. The van der Waals surface area contributed by atoms with E-state index in [0.29, 0.717) is 12.5 Å². The van der Waals surface area contributed by atoms with Crippen molar-refractivity contribution in [2.75, 3.05) is 12.0 Å². The van der Waals surface area contributed by atoms with Crippen molar-refractivity contribution in [1.29, 1.82) is 0 Å². The van der Waals surface area contributed by atoms with E-state index in [9.17, 15) is 0 Å². The van der Waals surface area contributed by atoms with E-state index in [0.717, 1.165) is 6.42 Å². The third-order valence-corrected chi connectivity index (χ3v) is 2.57. The summed E-state index contributed by atoms with van der Waals surface area (Å²) in [5, 5.41) is 1.25. The Bertz CT molecular complexity index is 541. The predicted octanol–water partition coefficient (Wildman–Crippen LogP) is 3.23. The molecule has 0 fully saturated rings. The van der Waals surface area contributed by atoms with Crippen LogP contribution in [-0.2, 0) is 0 Å². The number of fused-ring (bicyclic) bond motifs is 1. The molecular weight excluding hydrogens is 208 g/mol. The van der Waals surface area contributed by atoms with Gasteiger partial charge in [0, 0.05) is 18.0 Å². The average Bonchev–Trinajstić information content (AvgIpc) is 2.72. The molecule has 2 aromatic rings. The normalized spacial score (nSPS) is 10.3. The number of hydrogen-bond donors (Lipinski definition) is 1. The highest BCUT2D eigenvalue weighted by Crippen LogP contribution is 2.12. The quantitative estimate of drug-likeness (QED) is 0.795. The molecule has 0 atom stereocenters. The first kappa shape index (κ1) is 11.6. The zero-order valence-electron chi connectivity index (χ0n) is 10.4. The van der Waals surface area contributed by atoms with Gasteiger partial charge >= 0.3 is 0 Å². The highest BCUT2D eigenvalue weighted by atomic mass is 15.4. The minimum atomic E-state index is 0.648. The molecule has 0 saturated heterocycles. The fraction of sp³-hybridized carbons (Fsp3) is 0.333. The lowest BCUT2D eigenvalue weighted by atomic mass is 10.1. The van der Waals surface area contributed by atoms with E-state index >= 15 is 0 Å². The van der Waals surface area contributed by atoms with E-state index in [4.69, 9.17) is 0 Å². The molecule has 0 unspecified atom stereocenters. The summed E-state index contributed by atoms with van der Waals surface area (Å²) < 4.78 is 2.03. The summed E-state index contributed by atoms with van der Waals surface area (Å²) in [4.78, 5) is 0. The Balaban J connectivity index is 1.97. The van der Waals surface area contributed by atoms with Crippen LogP contribution in [0.4, 0.5) is 0 Å². The van der Waals surface area contributed by atoms with Gasteiger partial charge in [0.15, 0.2) is 0 Å². The van der Waals surface area contributed by atoms with Gasteiger partial charge in [-0.2, -0.15) is 0 Å². The van der Waals surface area contributed by atoms with Crippen LogP contribution in [0.5, 0.6) is 0 Å². The second kappa shape index (κ2) is 5.45. The van der Waals surface area contributed by atoms with E-state index in [2.05, 4.69) is 55.4 Å². The molecule has 1 aromatic heterocycles. The first-order valence-corrected chi connectivity index (χ1v) is 6.03. The highest BCUT2D eigenvalue weighted by Gasteiger charge is 1.96. The molecular formula is C15H18N2. The third kappa shape index (κ3) is 3.04. The van der Waals surface area contributed by atoms with Gasteiger partial charge in [-0.15, -0.1) is 5.92 Å². The molecule has 1 N–H and O–H groups in total. The molecule has 0 saturated carbocycles. The van der Waals surface area contributed by atoms with Crippen molar-refractivity contribution < 1.29 is 0 Å². The molecule has 1 aromatic carbocycles. The number of nitrogens with zero attached hydrogens (tertiary/aromatic N) is 1. The fourth-order valence-electron chi connectivity index (χ4n) is 1.68. The smallest absolute Gasteiger partial charge is 0.0922 e. The minimum absolute atomic E-state index is 0.648. The number of nitrogens with one attached hydrogen (secondary N) is 1. The first-order chi connectivity index (χ1) is 8.27. The van der Waals surface area contributed by atoms with Gasteiger partial charge in [0.1, 0.15) is 0 Å². The maximum absolute atomic E-state index is 3.28. The maximum atomic E-state index is 3.28. The molecule has 2 heteroatoms. The Hall–Kier alpha value is -1.88. The largest absolute Gasteiger partial charge is 0.314 e. The van der Waals surface area contributed by atoms with Gasteiger partial charge in [-0.25, -0.2) is 0 Å². The van der Waals surface area contributed by atoms with Crippen molar-refractivity contribution in [2.24, 2.45) is 5.92 Å². The van der Waals surface area contributed by atoms with Gasteiger partial charge in [-0.05, 0) is 18.1 Å². The van der Waals surface area contributed by atoms with Gasteiger partial charge in [-0.3, -0.25) is 4.68 Å². The van der Waals surface area contributed by atoms with E-state index in [1.54, 1.807) is 0 Å². The van der Waals surface area contributed by atoms with E-state index in [1.807, 2.05) is 16.9 Å². The molecule has 0 bridgehead atoms. The molecule has 0 spiro atoms. The van der Waals surface area contributed by atoms with Gasteiger partial charge in [-0.1, -0.05) is 38.0 Å². The minimum Gasteiger partial charge on any atom is -0.314 e. The predicted molar refractivity (Wildman–Crippen MR) is 73.4 cm³/mol. The Morgan fingerprint density at radius 3 is 2.82 bits per heavy atom. The monoisotopic (exact) mass is 226 g/mol. The summed E-state index contributed by atoms with van der Waals surface area (Å²) in [6.07, 6.45) is 3.00. The average molecular weight is 226 g/mol. The molecule has 0 aliphatic heterocycles. The number of para-hydroxylation sites is 1. The van der Waals surface area contributed by atoms with Crippen LogP contribution < -0.4 is 5.43 Å². The lowest BCUT2D eigenvalue weighted by Gasteiger charge is -2.05. The van der Waals surface area contributed by atoms with E-state index in [-0.39, 0.29) is 0 Å². The highest BCUT2D eigenvalue weighted by molar-refractivity contribution is 5.80. The van der Waals surface area contributed by atoms with Crippen LogP contribution in [0.1, 0.15) is 20.3 Å². The molecule has 0 aliphatic rings. The summed E-state index contributed by atoms with van der Waals surface area (Å²) in [7, 11) is 0. The maximum Gasteiger partial charge on any atom is 0.0922 e. The topological polar surface area (TPSA) is 17.0 Å². The SMILES string of the molecule is CC(C)CC#CCNn1ccc2ccccc21. The number of rotatable bonds is 3. The van der Waals surface area contributed by atoms with Gasteiger partial charge in [0.25, 0.3) is 0 Å². The van der Waals surface area contributed by atoms with E-state index < -0.39 is 0 Å². The summed E-state index contributed by atoms with van der Waals surface area (Å²) >= 11 is 0. The summed E-state index contributed by atoms with van der Waals surface area (Å²) in [5.41, 5.74) is 4.48. The van der Waals surface area contributed by atoms with Crippen LogP contribution in [0.2, 0.25) is 0 Å². The number of aromatic nitrogens is 1. The van der Waals surface area contributed by atoms with Crippen molar-refractivity contribution in [3.8, 4) is 11.8 Å². The molecule has 0 aliphatic carbocycles. The fourth-order valence-corrected chi connectivity index (χ4v) is 1.68. The van der Waals surface area contributed by atoms with Crippen LogP contribution in [0.25, 0.3) is 10.9 Å². The second-order valence-corrected chi connectivity index (χ2v) is 4.53. The Morgan fingerprint density at radius 1 is 1.18 bits per heavy atom. The van der Waals surface area contributed by atoms with Crippen molar-refractivity contribution in [3.05, 3.63) is 36.5 Å². The van der Waals surface area contributed by atoms with Crippen molar-refractivity contribution >= 4 is 10.9 Å². The third-order valence-electron chi connectivity index (χ3n) is 2.57. The Morgan fingerprint density at radius 2 is 2.00 bits per heavy atom. The zero-order valence-corrected chi connectivity index (χ0v) is 10.4. The van der Waals surface area contributed by atoms with Crippen LogP contribution in [0.15, 0.2) is 36.5 Å². The van der Waals surface area contributed by atoms with Gasteiger partial charge < -0.3 is 5.43 Å². The molecule has 2 nitrogen and oxygen atoms in total. The summed E-state index contributed by atoms with van der Waals surface area (Å²) in [6.45, 7) is 5.05. The second-order valence-electron chi connectivity index (χ2n) is 4.53. The van der Waals surface area contributed by atoms with Crippen molar-refractivity contribution in [2.45, 2.75) is 20.3 Å². The van der Waals surface area contributed by atoms with Gasteiger partial charge in [0.2, 0.25) is 0 Å². The van der Waals surface area contributed by atoms with Crippen LogP contribution in [0, 0.1) is 17.8 Å². The molecule has 17 heavy (non-hydrogen) atoms. The molecule has 1 heterocycles. The van der Waals surface area contributed by atoms with Gasteiger partial charge in [0.05, 0.1) is 12.1 Å². The lowest BCUT2D eigenvalue weighted by molar-refractivity contribution is 0.675. The van der Waals surface area contributed by atoms with E-state index in [1.165, 1.54) is 10.9 Å². The number of hydrogen-bond acceptors (Lipinski definition) is 1. The molecule has 88 valence electrons. The van der Waals surface area contributed by atoms with Crippen molar-refractivity contribution in [3.63, 3.8) is 0 Å². The standard InChI is InChI=1S/C15H18N2/c1-13(2)7-5-6-11-16-17-12-10-14-8-3-4-9-15(14)17/h3-4,8-10,12-13,16H,7,11H2,1-2H3. The zero-order chi connectivity index (χ0) is 12.1. The molecule has 0 radical (unpaired) electrons. The van der Waals surface area contributed by atoms with Crippen LogP contribution in [-0.4, -0.2) is 11.2 Å². The van der Waals surface area contributed by atoms with Crippen LogP contribution >= 0.6 is 0 Å². The number of benzene rings is 1.